The molecule has 106 valence electrons. The van der Waals surface area contributed by atoms with Crippen LogP contribution in [0.5, 0.6) is 0 Å². The van der Waals surface area contributed by atoms with E-state index in [1.807, 2.05) is 0 Å². The van der Waals surface area contributed by atoms with Gasteiger partial charge in [0, 0.05) is 18.1 Å². The molecule has 0 radical (unpaired) electrons. The van der Waals surface area contributed by atoms with Crippen molar-refractivity contribution in [2.75, 3.05) is 11.9 Å². The van der Waals surface area contributed by atoms with Crippen molar-refractivity contribution < 1.29 is 0 Å². The monoisotopic (exact) mass is 287 g/mol. The molecule has 3 rings (SSSR count). The molecular formula is C16H21N3S. The number of anilines is 1. The maximum Gasteiger partial charge on any atom is 0.202 e. The molecule has 20 heavy (non-hydrogen) atoms. The quantitative estimate of drug-likeness (QED) is 0.900. The van der Waals surface area contributed by atoms with Gasteiger partial charge in [-0.2, -0.15) is 4.37 Å². The minimum Gasteiger partial charge on any atom is -0.360 e. The lowest BCUT2D eigenvalue weighted by Crippen LogP contribution is -2.36. The van der Waals surface area contributed by atoms with Crippen LogP contribution in [0.15, 0.2) is 30.3 Å². The molecule has 1 saturated carbocycles. The number of benzene rings is 1. The SMILES string of the molecule is CC(C)CNc1nc(C2(c3ccccc3)CCC2)ns1. The molecule has 1 heterocycles. The zero-order chi connectivity index (χ0) is 14.0. The smallest absolute Gasteiger partial charge is 0.202 e. The first kappa shape index (κ1) is 13.6. The van der Waals surface area contributed by atoms with E-state index >= 15 is 0 Å². The number of nitrogens with one attached hydrogen (secondary N) is 1. The van der Waals surface area contributed by atoms with Crippen LogP contribution in [-0.2, 0) is 5.41 Å². The summed E-state index contributed by atoms with van der Waals surface area (Å²) in [5.74, 6) is 1.63. The summed E-state index contributed by atoms with van der Waals surface area (Å²) in [6.07, 6.45) is 3.59. The molecule has 0 saturated heterocycles. The van der Waals surface area contributed by atoms with Gasteiger partial charge in [-0.15, -0.1) is 0 Å². The number of hydrogen-bond donors (Lipinski definition) is 1. The number of rotatable bonds is 5. The van der Waals surface area contributed by atoms with Crippen molar-refractivity contribution in [3.05, 3.63) is 41.7 Å². The average Bonchev–Trinajstić information content (AvgIpc) is 2.85. The van der Waals surface area contributed by atoms with Crippen molar-refractivity contribution in [2.24, 2.45) is 5.92 Å². The van der Waals surface area contributed by atoms with Crippen LogP contribution < -0.4 is 5.32 Å². The van der Waals surface area contributed by atoms with Crippen molar-refractivity contribution in [2.45, 2.75) is 38.5 Å². The van der Waals surface area contributed by atoms with Crippen LogP contribution in [0.2, 0.25) is 0 Å². The number of aromatic nitrogens is 2. The molecule has 1 aromatic carbocycles. The summed E-state index contributed by atoms with van der Waals surface area (Å²) in [5.41, 5.74) is 1.43. The van der Waals surface area contributed by atoms with Gasteiger partial charge in [-0.1, -0.05) is 50.6 Å². The molecule has 1 aliphatic rings. The van der Waals surface area contributed by atoms with Crippen LogP contribution in [0.1, 0.15) is 44.5 Å². The maximum atomic E-state index is 4.75. The third kappa shape index (κ3) is 2.44. The molecule has 0 aliphatic heterocycles. The molecule has 4 heteroatoms. The Morgan fingerprint density at radius 2 is 2.00 bits per heavy atom. The Balaban J connectivity index is 1.84. The van der Waals surface area contributed by atoms with Crippen LogP contribution in [0, 0.1) is 5.92 Å². The zero-order valence-corrected chi connectivity index (χ0v) is 12.9. The minimum absolute atomic E-state index is 0.0650. The molecule has 1 aromatic heterocycles. The average molecular weight is 287 g/mol. The third-order valence-electron chi connectivity index (χ3n) is 4.05. The zero-order valence-electron chi connectivity index (χ0n) is 12.1. The molecule has 0 bridgehead atoms. The fourth-order valence-corrected chi connectivity index (χ4v) is 3.37. The Hall–Kier alpha value is -1.42. The van der Waals surface area contributed by atoms with Gasteiger partial charge < -0.3 is 5.32 Å². The Labute approximate surface area is 124 Å². The molecule has 1 aliphatic carbocycles. The van der Waals surface area contributed by atoms with Gasteiger partial charge in [-0.05, 0) is 24.3 Å². The largest absolute Gasteiger partial charge is 0.360 e. The molecule has 1 fully saturated rings. The van der Waals surface area contributed by atoms with E-state index in [9.17, 15) is 0 Å². The van der Waals surface area contributed by atoms with Gasteiger partial charge in [0.1, 0.15) is 0 Å². The second kappa shape index (κ2) is 5.52. The lowest BCUT2D eigenvalue weighted by Gasteiger charge is -2.40. The summed E-state index contributed by atoms with van der Waals surface area (Å²) in [4.78, 5) is 4.75. The van der Waals surface area contributed by atoms with E-state index in [4.69, 9.17) is 4.98 Å². The van der Waals surface area contributed by atoms with E-state index in [-0.39, 0.29) is 5.41 Å². The summed E-state index contributed by atoms with van der Waals surface area (Å²) in [7, 11) is 0. The fraction of sp³-hybridized carbons (Fsp3) is 0.500. The topological polar surface area (TPSA) is 37.8 Å². The highest BCUT2D eigenvalue weighted by molar-refractivity contribution is 7.09. The van der Waals surface area contributed by atoms with Gasteiger partial charge in [-0.25, -0.2) is 4.98 Å². The van der Waals surface area contributed by atoms with E-state index < -0.39 is 0 Å². The predicted molar refractivity (Wildman–Crippen MR) is 84.3 cm³/mol. The molecule has 0 spiro atoms. The van der Waals surface area contributed by atoms with Gasteiger partial charge in [0.05, 0.1) is 5.41 Å². The van der Waals surface area contributed by atoms with Crippen molar-refractivity contribution >= 4 is 16.7 Å². The van der Waals surface area contributed by atoms with E-state index in [0.29, 0.717) is 5.92 Å². The molecule has 0 amide bonds. The lowest BCUT2D eigenvalue weighted by atomic mass is 9.64. The highest BCUT2D eigenvalue weighted by Gasteiger charge is 2.43. The highest BCUT2D eigenvalue weighted by Crippen LogP contribution is 2.48. The van der Waals surface area contributed by atoms with Crippen LogP contribution in [0.4, 0.5) is 5.13 Å². The summed E-state index contributed by atoms with van der Waals surface area (Å²) in [6, 6.07) is 10.7. The molecule has 0 atom stereocenters. The van der Waals surface area contributed by atoms with Gasteiger partial charge in [0.25, 0.3) is 0 Å². The standard InChI is InChI=1S/C16H21N3S/c1-12(2)11-17-15-18-14(19-20-15)16(9-6-10-16)13-7-4-3-5-8-13/h3-5,7-8,12H,6,9-11H2,1-2H3,(H,17,18,19). The first-order chi connectivity index (χ1) is 9.71. The number of hydrogen-bond acceptors (Lipinski definition) is 4. The van der Waals surface area contributed by atoms with Gasteiger partial charge in [-0.3, -0.25) is 0 Å². The molecule has 2 aromatic rings. The lowest BCUT2D eigenvalue weighted by molar-refractivity contribution is 0.288. The van der Waals surface area contributed by atoms with E-state index in [2.05, 4.69) is 53.9 Å². The summed E-state index contributed by atoms with van der Waals surface area (Å²) < 4.78 is 4.63. The Bertz CT molecular complexity index is 558. The van der Waals surface area contributed by atoms with Gasteiger partial charge in [0.2, 0.25) is 5.13 Å². The Kier molecular flexibility index (Phi) is 3.74. The predicted octanol–water partition coefficient (Wildman–Crippen LogP) is 4.08. The summed E-state index contributed by atoms with van der Waals surface area (Å²) >= 11 is 1.49. The van der Waals surface area contributed by atoms with Crippen molar-refractivity contribution in [1.29, 1.82) is 0 Å². The molecular weight excluding hydrogens is 266 g/mol. The highest BCUT2D eigenvalue weighted by atomic mass is 32.1. The fourth-order valence-electron chi connectivity index (χ4n) is 2.71. The second-order valence-corrected chi connectivity index (χ2v) is 6.75. The van der Waals surface area contributed by atoms with Gasteiger partial charge in [0.15, 0.2) is 5.82 Å². The first-order valence-corrected chi connectivity index (χ1v) is 8.12. The maximum absolute atomic E-state index is 4.75. The molecule has 3 nitrogen and oxygen atoms in total. The van der Waals surface area contributed by atoms with Crippen LogP contribution >= 0.6 is 11.5 Å². The second-order valence-electron chi connectivity index (χ2n) is 6.00. The first-order valence-electron chi connectivity index (χ1n) is 7.34. The van der Waals surface area contributed by atoms with E-state index in [1.54, 1.807) is 0 Å². The van der Waals surface area contributed by atoms with E-state index in [0.717, 1.165) is 30.3 Å². The molecule has 1 N–H and O–H groups in total. The van der Waals surface area contributed by atoms with Crippen LogP contribution in [0.3, 0.4) is 0 Å². The summed E-state index contributed by atoms with van der Waals surface area (Å²) in [5, 5.41) is 4.34. The minimum atomic E-state index is 0.0650. The van der Waals surface area contributed by atoms with Crippen LogP contribution in [0.25, 0.3) is 0 Å². The molecule has 0 unspecified atom stereocenters. The van der Waals surface area contributed by atoms with E-state index in [1.165, 1.54) is 23.5 Å². The Morgan fingerprint density at radius 1 is 1.25 bits per heavy atom. The normalized spacial score (nSPS) is 16.9. The van der Waals surface area contributed by atoms with Crippen molar-refractivity contribution in [3.63, 3.8) is 0 Å². The van der Waals surface area contributed by atoms with Crippen LogP contribution in [-0.4, -0.2) is 15.9 Å². The van der Waals surface area contributed by atoms with Gasteiger partial charge >= 0.3 is 0 Å². The Morgan fingerprint density at radius 3 is 2.60 bits per heavy atom. The summed E-state index contributed by atoms with van der Waals surface area (Å²) in [6.45, 7) is 5.35. The number of nitrogens with zero attached hydrogens (tertiary/aromatic N) is 2. The van der Waals surface area contributed by atoms with Crippen molar-refractivity contribution in [3.8, 4) is 0 Å². The third-order valence-corrected chi connectivity index (χ3v) is 4.72. The van der Waals surface area contributed by atoms with Crippen molar-refractivity contribution in [1.82, 2.24) is 9.36 Å².